The maximum atomic E-state index is 13.6. The van der Waals surface area contributed by atoms with Crippen molar-refractivity contribution in [1.29, 1.82) is 0 Å². The highest BCUT2D eigenvalue weighted by Gasteiger charge is 2.11. The summed E-state index contributed by atoms with van der Waals surface area (Å²) >= 11 is 1.17. The van der Waals surface area contributed by atoms with Gasteiger partial charge in [0, 0.05) is 17.0 Å². The number of hydrogen-bond donors (Lipinski definition) is 1. The molecule has 90 valence electrons. The molecule has 0 unspecified atom stereocenters. The number of hydrogen-bond acceptors (Lipinski definition) is 4. The number of nitrogens with two attached hydrogens (primary N) is 1. The molecule has 2 aromatic rings. The normalized spacial score (nSPS) is 10.8. The van der Waals surface area contributed by atoms with Gasteiger partial charge in [-0.1, -0.05) is 0 Å². The van der Waals surface area contributed by atoms with E-state index in [1.165, 1.54) is 23.5 Å². The first-order valence-corrected chi connectivity index (χ1v) is 5.40. The summed E-state index contributed by atoms with van der Waals surface area (Å²) in [7, 11) is 0. The average molecular weight is 260 g/mol. The molecule has 3 nitrogen and oxygen atoms in total. The zero-order valence-electron chi connectivity index (χ0n) is 8.36. The summed E-state index contributed by atoms with van der Waals surface area (Å²) in [5, 5.41) is 1.90. The lowest BCUT2D eigenvalue weighted by Crippen LogP contribution is -2.02. The van der Waals surface area contributed by atoms with Crippen LogP contribution in [0.4, 0.5) is 18.3 Å². The van der Waals surface area contributed by atoms with Gasteiger partial charge in [0.1, 0.15) is 11.6 Å². The second-order valence-corrected chi connectivity index (χ2v) is 3.98. The SMILES string of the molecule is Nc1nc(-c2ccc(OC(F)F)cc2F)cs1. The number of anilines is 1. The molecular formula is C10H7F3N2OS. The van der Waals surface area contributed by atoms with E-state index in [-0.39, 0.29) is 11.3 Å². The van der Waals surface area contributed by atoms with Gasteiger partial charge in [-0.15, -0.1) is 11.3 Å². The number of rotatable bonds is 3. The predicted octanol–water partition coefficient (Wildman–Crippen LogP) is 3.13. The topological polar surface area (TPSA) is 48.1 Å². The molecule has 0 aliphatic heterocycles. The molecule has 2 rings (SSSR count). The summed E-state index contributed by atoms with van der Waals surface area (Å²) in [5.41, 5.74) is 5.99. The Morgan fingerprint density at radius 2 is 2.12 bits per heavy atom. The predicted molar refractivity (Wildman–Crippen MR) is 58.6 cm³/mol. The number of benzene rings is 1. The lowest BCUT2D eigenvalue weighted by molar-refractivity contribution is -0.0499. The van der Waals surface area contributed by atoms with E-state index in [2.05, 4.69) is 9.72 Å². The van der Waals surface area contributed by atoms with E-state index in [1.54, 1.807) is 5.38 Å². The first-order chi connectivity index (χ1) is 8.06. The first kappa shape index (κ1) is 11.7. The summed E-state index contributed by atoms with van der Waals surface area (Å²) in [5.74, 6) is -0.919. The summed E-state index contributed by atoms with van der Waals surface area (Å²) < 4.78 is 41.5. The number of aromatic nitrogens is 1. The Bertz CT molecular complexity index is 530. The minimum Gasteiger partial charge on any atom is -0.435 e. The fraction of sp³-hybridized carbons (Fsp3) is 0.100. The molecule has 0 aliphatic rings. The third-order valence-electron chi connectivity index (χ3n) is 1.96. The number of alkyl halides is 2. The van der Waals surface area contributed by atoms with Crippen molar-refractivity contribution in [1.82, 2.24) is 4.98 Å². The monoisotopic (exact) mass is 260 g/mol. The van der Waals surface area contributed by atoms with Crippen molar-refractivity contribution in [2.75, 3.05) is 5.73 Å². The Labute approximate surface area is 98.7 Å². The number of thiazole rings is 1. The summed E-state index contributed by atoms with van der Waals surface area (Å²) in [6.45, 7) is -2.98. The van der Waals surface area contributed by atoms with Crippen LogP contribution in [0.2, 0.25) is 0 Å². The second kappa shape index (κ2) is 4.62. The third-order valence-corrected chi connectivity index (χ3v) is 2.64. The molecule has 0 saturated heterocycles. The largest absolute Gasteiger partial charge is 0.435 e. The van der Waals surface area contributed by atoms with Crippen LogP contribution in [0.25, 0.3) is 11.3 Å². The highest BCUT2D eigenvalue weighted by atomic mass is 32.1. The van der Waals surface area contributed by atoms with E-state index < -0.39 is 12.4 Å². The van der Waals surface area contributed by atoms with Gasteiger partial charge in [0.15, 0.2) is 5.13 Å². The molecular weight excluding hydrogens is 253 g/mol. The summed E-state index contributed by atoms with van der Waals surface area (Å²) in [6.07, 6.45) is 0. The van der Waals surface area contributed by atoms with Crippen molar-refractivity contribution < 1.29 is 17.9 Å². The number of nitrogen functional groups attached to an aromatic ring is 1. The van der Waals surface area contributed by atoms with Crippen molar-refractivity contribution >= 4 is 16.5 Å². The van der Waals surface area contributed by atoms with Crippen LogP contribution in [0.1, 0.15) is 0 Å². The van der Waals surface area contributed by atoms with Gasteiger partial charge in [-0.25, -0.2) is 9.37 Å². The highest BCUT2D eigenvalue weighted by Crippen LogP contribution is 2.28. The molecule has 1 heterocycles. The standard InChI is InChI=1S/C10H7F3N2OS/c11-7-3-5(16-9(12)13)1-2-6(7)8-4-17-10(14)15-8/h1-4,9H,(H2,14,15). The molecule has 0 spiro atoms. The van der Waals surface area contributed by atoms with E-state index in [0.717, 1.165) is 6.07 Å². The van der Waals surface area contributed by atoms with Gasteiger partial charge in [0.25, 0.3) is 0 Å². The molecule has 0 fully saturated rings. The molecule has 0 atom stereocenters. The van der Waals surface area contributed by atoms with Crippen LogP contribution in [0.3, 0.4) is 0 Å². The zero-order valence-corrected chi connectivity index (χ0v) is 9.18. The van der Waals surface area contributed by atoms with Crippen molar-refractivity contribution in [2.24, 2.45) is 0 Å². The minimum absolute atomic E-state index is 0.194. The Balaban J connectivity index is 2.31. The number of halogens is 3. The van der Waals surface area contributed by atoms with E-state index in [0.29, 0.717) is 10.8 Å². The fourth-order valence-corrected chi connectivity index (χ4v) is 1.85. The summed E-state index contributed by atoms with van der Waals surface area (Å²) in [4.78, 5) is 3.90. The Kier molecular flexibility index (Phi) is 3.19. The third kappa shape index (κ3) is 2.68. The van der Waals surface area contributed by atoms with Gasteiger partial charge < -0.3 is 10.5 Å². The quantitative estimate of drug-likeness (QED) is 0.922. The Morgan fingerprint density at radius 3 is 2.65 bits per heavy atom. The molecule has 7 heteroatoms. The van der Waals surface area contributed by atoms with E-state index in [4.69, 9.17) is 5.73 Å². The van der Waals surface area contributed by atoms with Crippen LogP contribution in [0.5, 0.6) is 5.75 Å². The van der Waals surface area contributed by atoms with Crippen molar-refractivity contribution in [2.45, 2.75) is 6.61 Å². The number of ether oxygens (including phenoxy) is 1. The zero-order chi connectivity index (χ0) is 12.4. The lowest BCUT2D eigenvalue weighted by Gasteiger charge is -2.05. The van der Waals surface area contributed by atoms with Gasteiger partial charge >= 0.3 is 6.61 Å². The maximum Gasteiger partial charge on any atom is 0.387 e. The van der Waals surface area contributed by atoms with Crippen LogP contribution < -0.4 is 10.5 Å². The van der Waals surface area contributed by atoms with E-state index in [9.17, 15) is 13.2 Å². The molecule has 0 bridgehead atoms. The summed E-state index contributed by atoms with van der Waals surface area (Å²) in [6, 6.07) is 3.46. The minimum atomic E-state index is -2.98. The lowest BCUT2D eigenvalue weighted by atomic mass is 10.1. The second-order valence-electron chi connectivity index (χ2n) is 3.09. The maximum absolute atomic E-state index is 13.6. The van der Waals surface area contributed by atoms with Gasteiger partial charge in [-0.05, 0) is 12.1 Å². The van der Waals surface area contributed by atoms with Gasteiger partial charge in [0.2, 0.25) is 0 Å². The molecule has 0 aliphatic carbocycles. The molecule has 0 amide bonds. The van der Waals surface area contributed by atoms with Crippen molar-refractivity contribution in [3.8, 4) is 17.0 Å². The molecule has 0 saturated carbocycles. The van der Waals surface area contributed by atoms with Crippen LogP contribution in [0.15, 0.2) is 23.6 Å². The molecule has 2 N–H and O–H groups in total. The molecule has 0 radical (unpaired) electrons. The van der Waals surface area contributed by atoms with Crippen LogP contribution in [-0.4, -0.2) is 11.6 Å². The van der Waals surface area contributed by atoms with E-state index >= 15 is 0 Å². The van der Waals surface area contributed by atoms with Crippen LogP contribution in [-0.2, 0) is 0 Å². The molecule has 1 aromatic carbocycles. The number of nitrogens with zero attached hydrogens (tertiary/aromatic N) is 1. The first-order valence-electron chi connectivity index (χ1n) is 4.52. The van der Waals surface area contributed by atoms with Gasteiger partial charge in [-0.3, -0.25) is 0 Å². The highest BCUT2D eigenvalue weighted by molar-refractivity contribution is 7.13. The van der Waals surface area contributed by atoms with Crippen LogP contribution in [0, 0.1) is 5.82 Å². The Morgan fingerprint density at radius 1 is 1.35 bits per heavy atom. The van der Waals surface area contributed by atoms with Crippen molar-refractivity contribution in [3.05, 3.63) is 29.4 Å². The van der Waals surface area contributed by atoms with Gasteiger partial charge in [-0.2, -0.15) is 8.78 Å². The van der Waals surface area contributed by atoms with Gasteiger partial charge in [0.05, 0.1) is 5.69 Å². The fourth-order valence-electron chi connectivity index (χ4n) is 1.29. The smallest absolute Gasteiger partial charge is 0.387 e. The average Bonchev–Trinajstić information content (AvgIpc) is 2.64. The Hall–Kier alpha value is -1.76. The van der Waals surface area contributed by atoms with Crippen molar-refractivity contribution in [3.63, 3.8) is 0 Å². The van der Waals surface area contributed by atoms with Crippen LogP contribution >= 0.6 is 11.3 Å². The molecule has 1 aromatic heterocycles. The molecule has 17 heavy (non-hydrogen) atoms. The van der Waals surface area contributed by atoms with E-state index in [1.807, 2.05) is 0 Å².